The molecular weight excluding hydrogens is 290 g/mol. The van der Waals surface area contributed by atoms with E-state index in [9.17, 15) is 17.2 Å². The summed E-state index contributed by atoms with van der Waals surface area (Å²) < 4.78 is 57.1. The fourth-order valence-corrected chi connectivity index (χ4v) is 2.87. The van der Waals surface area contributed by atoms with Gasteiger partial charge in [-0.2, -0.15) is 4.31 Å². The first-order valence-corrected chi connectivity index (χ1v) is 6.99. The van der Waals surface area contributed by atoms with Crippen LogP contribution in [0.15, 0.2) is 40.0 Å². The molecule has 0 spiro atoms. The lowest BCUT2D eigenvalue weighted by Gasteiger charge is -2.17. The Hall–Kier alpha value is -1.93. The molecule has 1 aromatic carbocycles. The lowest BCUT2D eigenvalue weighted by Crippen LogP contribution is -2.27. The van der Waals surface area contributed by atoms with Gasteiger partial charge in [-0.15, -0.1) is 0 Å². The Morgan fingerprint density at radius 3 is 2.60 bits per heavy atom. The van der Waals surface area contributed by atoms with Crippen LogP contribution in [0, 0.1) is 11.6 Å². The normalized spacial score (nSPS) is 12.0. The Bertz CT molecular complexity index is 715. The number of nitrogens with two attached hydrogens (primary N) is 1. The smallest absolute Gasteiger partial charge is 0.246 e. The topological polar surface area (TPSA) is 76.5 Å². The van der Waals surface area contributed by atoms with Gasteiger partial charge in [0.25, 0.3) is 0 Å². The van der Waals surface area contributed by atoms with E-state index in [1.807, 2.05) is 0 Å². The number of rotatable bonds is 4. The molecule has 20 heavy (non-hydrogen) atoms. The van der Waals surface area contributed by atoms with E-state index >= 15 is 0 Å². The van der Waals surface area contributed by atoms with Crippen molar-refractivity contribution < 1.29 is 21.6 Å². The van der Waals surface area contributed by atoms with Crippen LogP contribution < -0.4 is 5.73 Å². The van der Waals surface area contributed by atoms with Crippen molar-refractivity contribution in [3.63, 3.8) is 0 Å². The van der Waals surface area contributed by atoms with E-state index in [4.69, 9.17) is 10.2 Å². The quantitative estimate of drug-likeness (QED) is 0.876. The van der Waals surface area contributed by atoms with Crippen molar-refractivity contribution >= 4 is 15.7 Å². The van der Waals surface area contributed by atoms with Crippen molar-refractivity contribution in [2.45, 2.75) is 11.4 Å². The van der Waals surface area contributed by atoms with Crippen LogP contribution in [-0.2, 0) is 16.6 Å². The summed E-state index contributed by atoms with van der Waals surface area (Å²) in [5, 5.41) is 0. The Morgan fingerprint density at radius 2 is 2.00 bits per heavy atom. The van der Waals surface area contributed by atoms with Gasteiger partial charge in [-0.05, 0) is 18.2 Å². The summed E-state index contributed by atoms with van der Waals surface area (Å²) >= 11 is 0. The Labute approximate surface area is 114 Å². The van der Waals surface area contributed by atoms with Crippen LogP contribution in [-0.4, -0.2) is 19.8 Å². The van der Waals surface area contributed by atoms with Crippen molar-refractivity contribution in [1.29, 1.82) is 0 Å². The lowest BCUT2D eigenvalue weighted by atomic mass is 10.3. The van der Waals surface area contributed by atoms with Gasteiger partial charge in [-0.3, -0.25) is 0 Å². The van der Waals surface area contributed by atoms with Gasteiger partial charge >= 0.3 is 0 Å². The van der Waals surface area contributed by atoms with E-state index < -0.39 is 32.2 Å². The zero-order valence-electron chi connectivity index (χ0n) is 10.5. The van der Waals surface area contributed by atoms with E-state index in [1.165, 1.54) is 19.6 Å². The molecule has 0 radical (unpaired) electrons. The molecule has 0 atom stereocenters. The number of furan rings is 1. The van der Waals surface area contributed by atoms with E-state index in [-0.39, 0.29) is 6.54 Å². The zero-order chi connectivity index (χ0) is 14.9. The van der Waals surface area contributed by atoms with Crippen LogP contribution >= 0.6 is 0 Å². The SMILES string of the molecule is CN(Cc1ccoc1)S(=O)(=O)c1ccc(F)c(N)c1F. The fraction of sp³-hybridized carbons (Fsp3) is 0.167. The Balaban J connectivity index is 2.37. The summed E-state index contributed by atoms with van der Waals surface area (Å²) in [7, 11) is -2.84. The third kappa shape index (κ3) is 2.52. The molecule has 0 bridgehead atoms. The fourth-order valence-electron chi connectivity index (χ4n) is 1.64. The van der Waals surface area contributed by atoms with Gasteiger partial charge in [0, 0.05) is 19.2 Å². The van der Waals surface area contributed by atoms with Crippen LogP contribution in [0.1, 0.15) is 5.56 Å². The second-order valence-electron chi connectivity index (χ2n) is 4.17. The molecule has 1 heterocycles. The maximum atomic E-state index is 13.8. The van der Waals surface area contributed by atoms with Crippen molar-refractivity contribution in [3.8, 4) is 0 Å². The van der Waals surface area contributed by atoms with Gasteiger partial charge in [0.15, 0.2) is 5.82 Å². The van der Waals surface area contributed by atoms with Crippen LogP contribution in [0.4, 0.5) is 14.5 Å². The summed E-state index contributed by atoms with van der Waals surface area (Å²) in [6.45, 7) is -0.00441. The highest BCUT2D eigenvalue weighted by Crippen LogP contribution is 2.25. The Kier molecular flexibility index (Phi) is 3.78. The molecule has 2 aromatic rings. The minimum absolute atomic E-state index is 0.00441. The van der Waals surface area contributed by atoms with E-state index in [0.717, 1.165) is 16.4 Å². The number of sulfonamides is 1. The van der Waals surface area contributed by atoms with E-state index in [2.05, 4.69) is 0 Å². The molecule has 0 unspecified atom stereocenters. The minimum atomic E-state index is -4.11. The molecule has 2 rings (SSSR count). The van der Waals surface area contributed by atoms with Gasteiger partial charge in [0.1, 0.15) is 16.4 Å². The predicted octanol–water partition coefficient (Wildman–Crippen LogP) is 1.96. The van der Waals surface area contributed by atoms with Crippen LogP contribution in [0.3, 0.4) is 0 Å². The monoisotopic (exact) mass is 302 g/mol. The number of anilines is 1. The summed E-state index contributed by atoms with van der Waals surface area (Å²) in [5.74, 6) is -2.29. The number of benzene rings is 1. The molecule has 0 amide bonds. The van der Waals surface area contributed by atoms with Gasteiger partial charge < -0.3 is 10.2 Å². The molecule has 5 nitrogen and oxygen atoms in total. The average Bonchev–Trinajstić information content (AvgIpc) is 2.88. The maximum absolute atomic E-state index is 13.8. The molecule has 0 saturated carbocycles. The van der Waals surface area contributed by atoms with Gasteiger partial charge in [0.05, 0.1) is 12.5 Å². The number of halogens is 2. The maximum Gasteiger partial charge on any atom is 0.246 e. The summed E-state index contributed by atoms with van der Waals surface area (Å²) in [4.78, 5) is -0.664. The van der Waals surface area contributed by atoms with E-state index in [0.29, 0.717) is 5.56 Å². The highest BCUT2D eigenvalue weighted by Gasteiger charge is 2.27. The second kappa shape index (κ2) is 5.22. The molecule has 0 aliphatic rings. The molecule has 0 aliphatic heterocycles. The molecular formula is C12H12F2N2O3S. The Morgan fingerprint density at radius 1 is 1.30 bits per heavy atom. The van der Waals surface area contributed by atoms with Crippen molar-refractivity contribution in [2.75, 3.05) is 12.8 Å². The second-order valence-corrected chi connectivity index (χ2v) is 6.18. The van der Waals surface area contributed by atoms with Crippen LogP contribution in [0.5, 0.6) is 0 Å². The third-order valence-electron chi connectivity index (χ3n) is 2.76. The molecule has 1 aromatic heterocycles. The average molecular weight is 302 g/mol. The van der Waals surface area contributed by atoms with Gasteiger partial charge in [-0.25, -0.2) is 17.2 Å². The molecule has 2 N–H and O–H groups in total. The third-order valence-corrected chi connectivity index (χ3v) is 4.59. The van der Waals surface area contributed by atoms with Crippen molar-refractivity contribution in [3.05, 3.63) is 47.9 Å². The van der Waals surface area contributed by atoms with Gasteiger partial charge in [-0.1, -0.05) is 0 Å². The number of nitrogens with zero attached hydrogens (tertiary/aromatic N) is 1. The van der Waals surface area contributed by atoms with Crippen LogP contribution in [0.25, 0.3) is 0 Å². The standard InChI is InChI=1S/C12H12F2N2O3S/c1-16(6-8-4-5-19-7-8)20(17,18)10-3-2-9(13)12(15)11(10)14/h2-5,7H,6,15H2,1H3. The van der Waals surface area contributed by atoms with Crippen molar-refractivity contribution in [2.24, 2.45) is 0 Å². The minimum Gasteiger partial charge on any atom is -0.472 e. The molecule has 0 fully saturated rings. The summed E-state index contributed by atoms with van der Waals surface area (Å²) in [5.41, 5.74) is 4.95. The van der Waals surface area contributed by atoms with E-state index in [1.54, 1.807) is 6.07 Å². The number of nitrogen functional groups attached to an aromatic ring is 1. The largest absolute Gasteiger partial charge is 0.472 e. The molecule has 108 valence electrons. The first-order chi connectivity index (χ1) is 9.34. The first kappa shape index (κ1) is 14.5. The molecule has 8 heteroatoms. The van der Waals surface area contributed by atoms with Crippen molar-refractivity contribution in [1.82, 2.24) is 4.31 Å². The predicted molar refractivity (Wildman–Crippen MR) is 68.1 cm³/mol. The van der Waals surface area contributed by atoms with Gasteiger partial charge in [0.2, 0.25) is 10.0 Å². The first-order valence-electron chi connectivity index (χ1n) is 5.55. The number of hydrogen-bond donors (Lipinski definition) is 1. The number of hydrogen-bond acceptors (Lipinski definition) is 4. The highest BCUT2D eigenvalue weighted by atomic mass is 32.2. The zero-order valence-corrected chi connectivity index (χ0v) is 11.3. The lowest BCUT2D eigenvalue weighted by molar-refractivity contribution is 0.456. The molecule has 0 aliphatic carbocycles. The summed E-state index contributed by atoms with van der Waals surface area (Å²) in [6, 6.07) is 3.25. The summed E-state index contributed by atoms with van der Waals surface area (Å²) in [6.07, 6.45) is 2.77. The van der Waals surface area contributed by atoms with Crippen LogP contribution in [0.2, 0.25) is 0 Å². The molecule has 0 saturated heterocycles. The highest BCUT2D eigenvalue weighted by molar-refractivity contribution is 7.89.